The molecule has 0 radical (unpaired) electrons. The van der Waals surface area contributed by atoms with Gasteiger partial charge in [0.2, 0.25) is 5.91 Å². The molecule has 0 aromatic heterocycles. The topological polar surface area (TPSA) is 58.2 Å². The highest BCUT2D eigenvalue weighted by molar-refractivity contribution is 6.35. The molecule has 0 atom stereocenters. The smallest absolute Gasteiger partial charge is 0.255 e. The van der Waals surface area contributed by atoms with E-state index in [1.54, 1.807) is 42.5 Å². The Bertz CT molecular complexity index is 682. The summed E-state index contributed by atoms with van der Waals surface area (Å²) in [5.41, 5.74) is 1.47. The molecule has 0 saturated heterocycles. The molecule has 4 nitrogen and oxygen atoms in total. The van der Waals surface area contributed by atoms with Gasteiger partial charge in [0.05, 0.1) is 0 Å². The maximum Gasteiger partial charge on any atom is 0.255 e. The highest BCUT2D eigenvalue weighted by atomic mass is 35.5. The van der Waals surface area contributed by atoms with Crippen LogP contribution in [0.5, 0.6) is 0 Å². The van der Waals surface area contributed by atoms with Crippen molar-refractivity contribution < 1.29 is 9.59 Å². The van der Waals surface area contributed by atoms with Crippen LogP contribution in [0.25, 0.3) is 0 Å². The first-order valence-electron chi connectivity index (χ1n) is 6.09. The van der Waals surface area contributed by atoms with Gasteiger partial charge in [-0.2, -0.15) is 0 Å². The summed E-state index contributed by atoms with van der Waals surface area (Å²) >= 11 is 11.8. The summed E-state index contributed by atoms with van der Waals surface area (Å²) in [6.45, 7) is 1.40. The Labute approximate surface area is 132 Å². The lowest BCUT2D eigenvalue weighted by Crippen LogP contribution is -2.13. The number of benzene rings is 2. The lowest BCUT2D eigenvalue weighted by Gasteiger charge is -2.08. The molecule has 0 saturated carbocycles. The first-order chi connectivity index (χ1) is 9.94. The van der Waals surface area contributed by atoms with Crippen molar-refractivity contribution in [1.29, 1.82) is 0 Å². The predicted octanol–water partition coefficient (Wildman–Crippen LogP) is 4.20. The summed E-state index contributed by atoms with van der Waals surface area (Å²) in [5, 5.41) is 6.19. The second kappa shape index (κ2) is 6.61. The molecular formula is C15H12Cl2N2O2. The average molecular weight is 323 g/mol. The van der Waals surface area contributed by atoms with Gasteiger partial charge >= 0.3 is 0 Å². The molecule has 0 fully saturated rings. The Hall–Kier alpha value is -2.04. The summed E-state index contributed by atoms with van der Waals surface area (Å²) in [6.07, 6.45) is 0. The van der Waals surface area contributed by atoms with Crippen LogP contribution >= 0.6 is 23.2 Å². The number of carbonyl (C=O) groups is 2. The molecule has 0 aliphatic heterocycles. The van der Waals surface area contributed by atoms with Gasteiger partial charge < -0.3 is 10.6 Å². The van der Waals surface area contributed by atoms with Crippen LogP contribution in [-0.4, -0.2) is 11.8 Å². The normalized spacial score (nSPS) is 10.0. The molecule has 2 amide bonds. The molecule has 21 heavy (non-hydrogen) atoms. The van der Waals surface area contributed by atoms with Crippen molar-refractivity contribution in [3.8, 4) is 0 Å². The van der Waals surface area contributed by atoms with Crippen LogP contribution in [-0.2, 0) is 4.79 Å². The zero-order valence-electron chi connectivity index (χ0n) is 11.1. The Morgan fingerprint density at radius 1 is 0.905 bits per heavy atom. The Kier molecular flexibility index (Phi) is 4.83. The lowest BCUT2D eigenvalue weighted by atomic mass is 10.2. The number of carbonyl (C=O) groups excluding carboxylic acids is 2. The van der Waals surface area contributed by atoms with Gasteiger partial charge in [0.25, 0.3) is 5.91 Å². The summed E-state index contributed by atoms with van der Waals surface area (Å²) in [6, 6.07) is 11.4. The van der Waals surface area contributed by atoms with Gasteiger partial charge in [-0.3, -0.25) is 9.59 Å². The molecular weight excluding hydrogens is 311 g/mol. The molecule has 2 N–H and O–H groups in total. The summed E-state index contributed by atoms with van der Waals surface area (Å²) < 4.78 is 0. The van der Waals surface area contributed by atoms with E-state index < -0.39 is 0 Å². The minimum absolute atomic E-state index is 0.200. The van der Waals surface area contributed by atoms with E-state index >= 15 is 0 Å². The zero-order chi connectivity index (χ0) is 15.4. The Morgan fingerprint density at radius 2 is 1.57 bits per heavy atom. The van der Waals surface area contributed by atoms with E-state index in [2.05, 4.69) is 10.6 Å². The van der Waals surface area contributed by atoms with Crippen molar-refractivity contribution in [1.82, 2.24) is 0 Å². The largest absolute Gasteiger partial charge is 0.326 e. The minimum Gasteiger partial charge on any atom is -0.326 e. The van der Waals surface area contributed by atoms with Gasteiger partial charge in [-0.15, -0.1) is 0 Å². The first-order valence-corrected chi connectivity index (χ1v) is 6.85. The van der Waals surface area contributed by atoms with E-state index in [0.717, 1.165) is 0 Å². The highest BCUT2D eigenvalue weighted by Crippen LogP contribution is 2.23. The molecule has 2 rings (SSSR count). The zero-order valence-corrected chi connectivity index (χ0v) is 12.6. The SMILES string of the molecule is CC(=O)Nc1cccc(C(=O)Nc2cc(Cl)cc(Cl)c2)c1. The van der Waals surface area contributed by atoms with Gasteiger partial charge in [-0.25, -0.2) is 0 Å². The van der Waals surface area contributed by atoms with E-state index in [1.807, 2.05) is 0 Å². The van der Waals surface area contributed by atoms with Gasteiger partial charge in [-0.1, -0.05) is 29.3 Å². The van der Waals surface area contributed by atoms with Crippen LogP contribution < -0.4 is 10.6 Å². The Morgan fingerprint density at radius 3 is 2.19 bits per heavy atom. The van der Waals surface area contributed by atoms with Gasteiger partial charge in [0, 0.05) is 33.9 Å². The van der Waals surface area contributed by atoms with E-state index in [1.165, 1.54) is 6.92 Å². The van der Waals surface area contributed by atoms with Crippen molar-refractivity contribution >= 4 is 46.4 Å². The molecule has 0 aliphatic rings. The number of amides is 2. The Balaban J connectivity index is 2.18. The summed E-state index contributed by atoms with van der Waals surface area (Å²) in [7, 11) is 0. The van der Waals surface area contributed by atoms with Crippen molar-refractivity contribution in [3.05, 3.63) is 58.1 Å². The highest BCUT2D eigenvalue weighted by Gasteiger charge is 2.08. The van der Waals surface area contributed by atoms with Gasteiger partial charge in [0.1, 0.15) is 0 Å². The third-order valence-corrected chi connectivity index (χ3v) is 3.00. The van der Waals surface area contributed by atoms with E-state index in [0.29, 0.717) is 27.0 Å². The van der Waals surface area contributed by atoms with Crippen molar-refractivity contribution in [2.24, 2.45) is 0 Å². The maximum absolute atomic E-state index is 12.2. The van der Waals surface area contributed by atoms with E-state index in [9.17, 15) is 9.59 Å². The molecule has 0 aliphatic carbocycles. The number of hydrogen-bond donors (Lipinski definition) is 2. The number of nitrogens with one attached hydrogen (secondary N) is 2. The predicted molar refractivity (Wildman–Crippen MR) is 85.2 cm³/mol. The van der Waals surface area contributed by atoms with Crippen molar-refractivity contribution in [3.63, 3.8) is 0 Å². The summed E-state index contributed by atoms with van der Waals surface area (Å²) in [5.74, 6) is -0.519. The number of anilines is 2. The quantitative estimate of drug-likeness (QED) is 0.889. The van der Waals surface area contributed by atoms with Crippen LogP contribution in [0.1, 0.15) is 17.3 Å². The van der Waals surface area contributed by atoms with Crippen molar-refractivity contribution in [2.75, 3.05) is 10.6 Å². The first kappa shape index (κ1) is 15.4. The third-order valence-electron chi connectivity index (χ3n) is 2.57. The number of halogens is 2. The number of rotatable bonds is 3. The van der Waals surface area contributed by atoms with Crippen LogP contribution in [0.15, 0.2) is 42.5 Å². The van der Waals surface area contributed by atoms with E-state index in [4.69, 9.17) is 23.2 Å². The maximum atomic E-state index is 12.2. The minimum atomic E-state index is -0.319. The standard InChI is InChI=1S/C15H12Cl2N2O2/c1-9(20)18-13-4-2-3-10(5-13)15(21)19-14-7-11(16)6-12(17)8-14/h2-8H,1H3,(H,18,20)(H,19,21). The van der Waals surface area contributed by atoms with Crippen LogP contribution in [0.3, 0.4) is 0 Å². The molecule has 2 aromatic carbocycles. The molecule has 0 unspecified atom stereocenters. The van der Waals surface area contributed by atoms with Crippen LogP contribution in [0.4, 0.5) is 11.4 Å². The molecule has 2 aromatic rings. The molecule has 0 spiro atoms. The molecule has 0 bridgehead atoms. The van der Waals surface area contributed by atoms with Gasteiger partial charge in [-0.05, 0) is 36.4 Å². The summed E-state index contributed by atoms with van der Waals surface area (Å²) in [4.78, 5) is 23.2. The van der Waals surface area contributed by atoms with Gasteiger partial charge in [0.15, 0.2) is 0 Å². The second-order valence-corrected chi connectivity index (χ2v) is 5.25. The second-order valence-electron chi connectivity index (χ2n) is 4.37. The lowest BCUT2D eigenvalue weighted by molar-refractivity contribution is -0.114. The molecule has 108 valence electrons. The fraction of sp³-hybridized carbons (Fsp3) is 0.0667. The average Bonchev–Trinajstić information content (AvgIpc) is 2.36. The third kappa shape index (κ3) is 4.48. The monoisotopic (exact) mass is 322 g/mol. The van der Waals surface area contributed by atoms with Crippen molar-refractivity contribution in [2.45, 2.75) is 6.92 Å². The van der Waals surface area contributed by atoms with Crippen LogP contribution in [0.2, 0.25) is 10.0 Å². The number of hydrogen-bond acceptors (Lipinski definition) is 2. The fourth-order valence-corrected chi connectivity index (χ4v) is 2.30. The molecule has 0 heterocycles. The fourth-order valence-electron chi connectivity index (χ4n) is 1.77. The van der Waals surface area contributed by atoms with Crippen LogP contribution in [0, 0.1) is 0 Å². The molecule has 6 heteroatoms. The van der Waals surface area contributed by atoms with E-state index in [-0.39, 0.29) is 11.8 Å².